The first-order valence-corrected chi connectivity index (χ1v) is 4.52. The summed E-state index contributed by atoms with van der Waals surface area (Å²) in [6.07, 6.45) is 1.08. The van der Waals surface area contributed by atoms with E-state index < -0.39 is 0 Å². The Hall–Kier alpha value is -1.04. The van der Waals surface area contributed by atoms with Gasteiger partial charge in [-0.3, -0.25) is 0 Å². The molecule has 14 heavy (non-hydrogen) atoms. The minimum atomic E-state index is 0. The first-order chi connectivity index (χ1) is 6.45. The molecule has 2 aromatic carbocycles. The van der Waals surface area contributed by atoms with Crippen LogP contribution in [0, 0.1) is 6.07 Å². The second-order valence-corrected chi connectivity index (χ2v) is 3.42. The molecule has 1 aliphatic rings. The van der Waals surface area contributed by atoms with Crippen molar-refractivity contribution in [1.29, 1.82) is 0 Å². The Morgan fingerprint density at radius 1 is 0.929 bits per heavy atom. The van der Waals surface area contributed by atoms with Crippen LogP contribution in [0.5, 0.6) is 0 Å². The van der Waals surface area contributed by atoms with Crippen LogP contribution in [-0.2, 0) is 23.5 Å². The van der Waals surface area contributed by atoms with Crippen molar-refractivity contribution in [1.82, 2.24) is 0 Å². The van der Waals surface area contributed by atoms with Crippen LogP contribution in [0.15, 0.2) is 42.5 Å². The Kier molecular flexibility index (Phi) is 2.45. The smallest absolute Gasteiger partial charge is 0 e. The van der Waals surface area contributed by atoms with Crippen LogP contribution in [0.4, 0.5) is 0 Å². The average Bonchev–Trinajstić information content (AvgIpc) is 2.56. The van der Waals surface area contributed by atoms with E-state index in [1.807, 2.05) is 6.07 Å². The molecule has 1 aliphatic carbocycles. The molecule has 0 fully saturated rings. The molecule has 0 nitrogen and oxygen atoms in total. The Balaban J connectivity index is 0.000000750. The minimum Gasteiger partial charge on any atom is -0.183 e. The maximum atomic E-state index is 3.13. The van der Waals surface area contributed by atoms with Gasteiger partial charge in [-0.05, 0) is 6.42 Å². The van der Waals surface area contributed by atoms with Crippen molar-refractivity contribution < 1.29 is 17.1 Å². The monoisotopic (exact) mass is 220 g/mol. The molecule has 0 N–H and O–H groups in total. The van der Waals surface area contributed by atoms with Gasteiger partial charge in [-0.1, -0.05) is 35.4 Å². The third-order valence-corrected chi connectivity index (χ3v) is 2.64. The molecule has 0 saturated heterocycles. The van der Waals surface area contributed by atoms with E-state index in [2.05, 4.69) is 42.5 Å². The molecule has 2 aromatic rings. The van der Waals surface area contributed by atoms with Gasteiger partial charge in [0.05, 0.1) is 0 Å². The molecule has 0 aromatic heterocycles. The van der Waals surface area contributed by atoms with Gasteiger partial charge in [-0.2, -0.15) is 24.3 Å². The van der Waals surface area contributed by atoms with Gasteiger partial charge in [0.2, 0.25) is 0 Å². The molecule has 0 heterocycles. The summed E-state index contributed by atoms with van der Waals surface area (Å²) in [5, 5.41) is 0. The van der Waals surface area contributed by atoms with E-state index in [-0.39, 0.29) is 17.1 Å². The molecule has 0 unspecified atom stereocenters. The zero-order chi connectivity index (χ0) is 8.67. The van der Waals surface area contributed by atoms with E-state index >= 15 is 0 Å². The van der Waals surface area contributed by atoms with E-state index in [4.69, 9.17) is 0 Å². The first kappa shape index (κ1) is 9.51. The summed E-state index contributed by atoms with van der Waals surface area (Å²) in [4.78, 5) is 0. The quantitative estimate of drug-likeness (QED) is 0.403. The average molecular weight is 220 g/mol. The van der Waals surface area contributed by atoms with Gasteiger partial charge in [0.1, 0.15) is 0 Å². The second-order valence-electron chi connectivity index (χ2n) is 3.42. The molecule has 0 aliphatic heterocycles. The van der Waals surface area contributed by atoms with Gasteiger partial charge in [-0.15, -0.1) is 11.1 Å². The molecular formula is C13H9Mn-. The van der Waals surface area contributed by atoms with Gasteiger partial charge >= 0.3 is 0 Å². The SMILES string of the molecule is [Mn].[c-]1ccc2c(c1)-c1ccccc1C2. The van der Waals surface area contributed by atoms with Crippen LogP contribution in [0.3, 0.4) is 0 Å². The fourth-order valence-electron chi connectivity index (χ4n) is 2.01. The summed E-state index contributed by atoms with van der Waals surface area (Å²) in [7, 11) is 0. The molecule has 3 rings (SSSR count). The molecule has 0 atom stereocenters. The predicted octanol–water partition coefficient (Wildman–Crippen LogP) is 3.06. The topological polar surface area (TPSA) is 0 Å². The normalized spacial score (nSPS) is 11.4. The Bertz CT molecular complexity index is 417. The van der Waals surface area contributed by atoms with Crippen molar-refractivity contribution in [3.8, 4) is 11.1 Å². The maximum absolute atomic E-state index is 3.13. The van der Waals surface area contributed by atoms with Gasteiger partial charge in [0, 0.05) is 17.1 Å². The molecule has 1 heteroatoms. The van der Waals surface area contributed by atoms with Gasteiger partial charge < -0.3 is 0 Å². The van der Waals surface area contributed by atoms with Crippen LogP contribution < -0.4 is 0 Å². The second kappa shape index (κ2) is 3.61. The summed E-state index contributed by atoms with van der Waals surface area (Å²) in [6, 6.07) is 18.0. The molecule has 1 radical (unpaired) electrons. The number of rotatable bonds is 0. The van der Waals surface area contributed by atoms with Crippen molar-refractivity contribution in [2.45, 2.75) is 6.42 Å². The largest absolute Gasteiger partial charge is 0.183 e. The maximum Gasteiger partial charge on any atom is 0 e. The van der Waals surface area contributed by atoms with Gasteiger partial charge in [0.15, 0.2) is 0 Å². The van der Waals surface area contributed by atoms with Crippen LogP contribution in [0.2, 0.25) is 0 Å². The van der Waals surface area contributed by atoms with E-state index in [9.17, 15) is 0 Å². The van der Waals surface area contributed by atoms with Crippen LogP contribution in [0.1, 0.15) is 11.1 Å². The summed E-state index contributed by atoms with van der Waals surface area (Å²) in [5.41, 5.74) is 5.62. The minimum absolute atomic E-state index is 0. The Labute approximate surface area is 94.4 Å². The van der Waals surface area contributed by atoms with Crippen LogP contribution >= 0.6 is 0 Å². The van der Waals surface area contributed by atoms with E-state index in [0.717, 1.165) is 6.42 Å². The van der Waals surface area contributed by atoms with Gasteiger partial charge in [-0.25, -0.2) is 0 Å². The number of hydrogen-bond donors (Lipinski definition) is 0. The van der Waals surface area contributed by atoms with Crippen molar-refractivity contribution in [2.24, 2.45) is 0 Å². The Morgan fingerprint density at radius 3 is 2.64 bits per heavy atom. The third-order valence-electron chi connectivity index (χ3n) is 2.64. The number of hydrogen-bond acceptors (Lipinski definition) is 0. The molecular weight excluding hydrogens is 211 g/mol. The zero-order valence-corrected chi connectivity index (χ0v) is 8.81. The third kappa shape index (κ3) is 1.30. The molecule has 0 bridgehead atoms. The zero-order valence-electron chi connectivity index (χ0n) is 7.63. The van der Waals surface area contributed by atoms with Crippen LogP contribution in [-0.4, -0.2) is 0 Å². The number of benzene rings is 2. The number of fused-ring (bicyclic) bond motifs is 3. The molecule has 69 valence electrons. The fourth-order valence-corrected chi connectivity index (χ4v) is 2.01. The first-order valence-electron chi connectivity index (χ1n) is 4.52. The molecule has 0 amide bonds. The summed E-state index contributed by atoms with van der Waals surface area (Å²) >= 11 is 0. The van der Waals surface area contributed by atoms with Crippen molar-refractivity contribution in [3.63, 3.8) is 0 Å². The van der Waals surface area contributed by atoms with E-state index in [1.54, 1.807) is 0 Å². The standard InChI is InChI=1S/C13H9.Mn/c1-3-7-12-10(5-1)9-11-6-2-4-8-13(11)12;/h1-3,5-8H,9H2;/q-1;. The molecule has 0 saturated carbocycles. The summed E-state index contributed by atoms with van der Waals surface area (Å²) in [5.74, 6) is 0. The summed E-state index contributed by atoms with van der Waals surface area (Å²) < 4.78 is 0. The van der Waals surface area contributed by atoms with Gasteiger partial charge in [0.25, 0.3) is 0 Å². The Morgan fingerprint density at radius 2 is 1.71 bits per heavy atom. The van der Waals surface area contributed by atoms with Crippen molar-refractivity contribution >= 4 is 0 Å². The van der Waals surface area contributed by atoms with Crippen molar-refractivity contribution in [2.75, 3.05) is 0 Å². The summed E-state index contributed by atoms with van der Waals surface area (Å²) in [6.45, 7) is 0. The van der Waals surface area contributed by atoms with E-state index in [1.165, 1.54) is 22.3 Å². The van der Waals surface area contributed by atoms with Crippen LogP contribution in [0.25, 0.3) is 11.1 Å². The fraction of sp³-hybridized carbons (Fsp3) is 0.0769. The molecule has 0 spiro atoms. The predicted molar refractivity (Wildman–Crippen MR) is 53.5 cm³/mol. The van der Waals surface area contributed by atoms with Crippen molar-refractivity contribution in [3.05, 3.63) is 59.7 Å². The van der Waals surface area contributed by atoms with E-state index in [0.29, 0.717) is 0 Å².